The molecule has 0 saturated carbocycles. The lowest BCUT2D eigenvalue weighted by atomic mass is 10.1. The minimum absolute atomic E-state index is 0.160. The fourth-order valence-corrected chi connectivity index (χ4v) is 1.58. The molecule has 19 heavy (non-hydrogen) atoms. The first-order valence-corrected chi connectivity index (χ1v) is 7.01. The predicted molar refractivity (Wildman–Crippen MR) is 80.0 cm³/mol. The van der Waals surface area contributed by atoms with Crippen molar-refractivity contribution in [2.45, 2.75) is 40.2 Å². The molecule has 3 nitrogen and oxygen atoms in total. The van der Waals surface area contributed by atoms with Crippen molar-refractivity contribution < 1.29 is 9.47 Å². The van der Waals surface area contributed by atoms with Gasteiger partial charge in [-0.25, -0.2) is 0 Å². The first-order valence-electron chi connectivity index (χ1n) is 7.01. The van der Waals surface area contributed by atoms with Crippen molar-refractivity contribution >= 4 is 0 Å². The molecule has 1 rings (SSSR count). The monoisotopic (exact) mass is 265 g/mol. The van der Waals surface area contributed by atoms with Gasteiger partial charge >= 0.3 is 0 Å². The molecule has 108 valence electrons. The molecule has 1 atom stereocenters. The minimum Gasteiger partial charge on any atom is -0.494 e. The summed E-state index contributed by atoms with van der Waals surface area (Å²) in [5.41, 5.74) is 0.160. The highest BCUT2D eigenvalue weighted by Crippen LogP contribution is 2.18. The van der Waals surface area contributed by atoms with Crippen molar-refractivity contribution in [2.24, 2.45) is 5.92 Å². The molecular weight excluding hydrogens is 238 g/mol. The Labute approximate surface area is 117 Å². The van der Waals surface area contributed by atoms with Gasteiger partial charge in [0.25, 0.3) is 0 Å². The highest BCUT2D eigenvalue weighted by atomic mass is 16.5. The Hall–Kier alpha value is -1.22. The summed E-state index contributed by atoms with van der Waals surface area (Å²) in [6.07, 6.45) is 0. The second-order valence-electron chi connectivity index (χ2n) is 5.95. The average molecular weight is 265 g/mol. The van der Waals surface area contributed by atoms with Crippen LogP contribution in [0.5, 0.6) is 11.5 Å². The third kappa shape index (κ3) is 7.06. The maximum absolute atomic E-state index is 5.77. The molecule has 1 aromatic rings. The van der Waals surface area contributed by atoms with Crippen LogP contribution in [0.25, 0.3) is 0 Å². The van der Waals surface area contributed by atoms with Crippen molar-refractivity contribution in [1.29, 1.82) is 0 Å². The van der Waals surface area contributed by atoms with Crippen LogP contribution in [0.1, 0.15) is 34.6 Å². The van der Waals surface area contributed by atoms with E-state index < -0.39 is 0 Å². The quantitative estimate of drug-likeness (QED) is 0.818. The number of nitrogens with one attached hydrogen (secondary N) is 1. The molecule has 3 heteroatoms. The molecule has 0 aliphatic heterocycles. The molecular formula is C16H27NO2. The Morgan fingerprint density at radius 3 is 2.05 bits per heavy atom. The van der Waals surface area contributed by atoms with Gasteiger partial charge < -0.3 is 14.8 Å². The Morgan fingerprint density at radius 2 is 1.58 bits per heavy atom. The van der Waals surface area contributed by atoms with Gasteiger partial charge in [0.2, 0.25) is 0 Å². The third-order valence-corrected chi connectivity index (χ3v) is 2.65. The fourth-order valence-electron chi connectivity index (χ4n) is 1.58. The van der Waals surface area contributed by atoms with E-state index in [1.165, 1.54) is 0 Å². The first-order chi connectivity index (χ1) is 8.90. The molecule has 0 saturated heterocycles. The molecule has 0 aliphatic rings. The van der Waals surface area contributed by atoms with Crippen LogP contribution >= 0.6 is 0 Å². The van der Waals surface area contributed by atoms with E-state index in [0.717, 1.165) is 24.7 Å². The maximum atomic E-state index is 5.77. The molecule has 0 fully saturated rings. The van der Waals surface area contributed by atoms with Gasteiger partial charge in [0.05, 0.1) is 13.2 Å². The Balaban J connectivity index is 2.31. The van der Waals surface area contributed by atoms with E-state index in [1.54, 1.807) is 0 Å². The summed E-state index contributed by atoms with van der Waals surface area (Å²) in [6, 6.07) is 7.79. The predicted octanol–water partition coefficient (Wildman–Crippen LogP) is 3.49. The minimum atomic E-state index is 0.160. The number of benzene rings is 1. The summed E-state index contributed by atoms with van der Waals surface area (Å²) >= 11 is 0. The van der Waals surface area contributed by atoms with Crippen molar-refractivity contribution in [1.82, 2.24) is 5.32 Å². The molecule has 0 radical (unpaired) electrons. The zero-order valence-corrected chi connectivity index (χ0v) is 12.8. The molecule has 0 bridgehead atoms. The summed E-state index contributed by atoms with van der Waals surface area (Å²) in [5, 5.41) is 3.48. The van der Waals surface area contributed by atoms with Crippen LogP contribution in [0, 0.1) is 5.92 Å². The Kier molecular flexibility index (Phi) is 6.16. The van der Waals surface area contributed by atoms with Gasteiger partial charge in [0.15, 0.2) is 0 Å². The number of ether oxygens (including phenoxy) is 2. The van der Waals surface area contributed by atoms with Gasteiger partial charge in [0, 0.05) is 18.0 Å². The summed E-state index contributed by atoms with van der Waals surface area (Å²) in [6.45, 7) is 13.1. The van der Waals surface area contributed by atoms with Crippen molar-refractivity contribution in [3.05, 3.63) is 24.3 Å². The molecule has 1 aromatic carbocycles. The van der Waals surface area contributed by atoms with Crippen molar-refractivity contribution in [3.63, 3.8) is 0 Å². The van der Waals surface area contributed by atoms with Crippen molar-refractivity contribution in [2.75, 3.05) is 19.8 Å². The van der Waals surface area contributed by atoms with Crippen LogP contribution in [-0.2, 0) is 0 Å². The van der Waals surface area contributed by atoms with E-state index in [9.17, 15) is 0 Å². The topological polar surface area (TPSA) is 30.5 Å². The van der Waals surface area contributed by atoms with E-state index in [-0.39, 0.29) is 5.54 Å². The van der Waals surface area contributed by atoms with Crippen molar-refractivity contribution in [3.8, 4) is 11.5 Å². The Bertz CT molecular complexity index is 354. The lowest BCUT2D eigenvalue weighted by molar-refractivity contribution is 0.244. The highest BCUT2D eigenvalue weighted by Gasteiger charge is 2.11. The molecule has 0 amide bonds. The summed E-state index contributed by atoms with van der Waals surface area (Å²) in [5.74, 6) is 2.26. The van der Waals surface area contributed by atoms with Crippen LogP contribution < -0.4 is 14.8 Å². The van der Waals surface area contributed by atoms with E-state index in [4.69, 9.17) is 9.47 Å². The average Bonchev–Trinajstić information content (AvgIpc) is 2.35. The lowest BCUT2D eigenvalue weighted by Gasteiger charge is -2.23. The van der Waals surface area contributed by atoms with Crippen LogP contribution in [0.2, 0.25) is 0 Å². The van der Waals surface area contributed by atoms with E-state index in [0.29, 0.717) is 12.5 Å². The van der Waals surface area contributed by atoms with E-state index >= 15 is 0 Å². The van der Waals surface area contributed by atoms with Gasteiger partial charge in [-0.3, -0.25) is 0 Å². The first kappa shape index (κ1) is 15.8. The lowest BCUT2D eigenvalue weighted by Crippen LogP contribution is -2.39. The zero-order valence-electron chi connectivity index (χ0n) is 12.8. The molecule has 0 aliphatic carbocycles. The summed E-state index contributed by atoms with van der Waals surface area (Å²) in [4.78, 5) is 0. The largest absolute Gasteiger partial charge is 0.494 e. The second-order valence-corrected chi connectivity index (χ2v) is 5.95. The fraction of sp³-hybridized carbons (Fsp3) is 0.625. The summed E-state index contributed by atoms with van der Waals surface area (Å²) in [7, 11) is 0. The SMILES string of the molecule is CCOc1ccc(OCC(C)CNC(C)(C)C)cc1. The normalized spacial score (nSPS) is 13.1. The third-order valence-electron chi connectivity index (χ3n) is 2.65. The van der Waals surface area contributed by atoms with Crippen LogP contribution in [0.3, 0.4) is 0 Å². The van der Waals surface area contributed by atoms with Crippen LogP contribution in [0.4, 0.5) is 0 Å². The van der Waals surface area contributed by atoms with E-state index in [1.807, 2.05) is 31.2 Å². The van der Waals surface area contributed by atoms with Gasteiger partial charge in [-0.2, -0.15) is 0 Å². The van der Waals surface area contributed by atoms with Crippen LogP contribution in [-0.4, -0.2) is 25.3 Å². The van der Waals surface area contributed by atoms with Gasteiger partial charge in [-0.1, -0.05) is 6.92 Å². The number of rotatable bonds is 7. The van der Waals surface area contributed by atoms with Gasteiger partial charge in [-0.05, 0) is 52.0 Å². The second kappa shape index (κ2) is 7.39. The standard InChI is InChI=1S/C16H27NO2/c1-6-18-14-7-9-15(10-8-14)19-12-13(2)11-17-16(3,4)5/h7-10,13,17H,6,11-12H2,1-5H3. The van der Waals surface area contributed by atoms with Gasteiger partial charge in [-0.15, -0.1) is 0 Å². The molecule has 0 spiro atoms. The molecule has 1 N–H and O–H groups in total. The molecule has 1 unspecified atom stereocenters. The molecule has 0 heterocycles. The molecule has 0 aromatic heterocycles. The van der Waals surface area contributed by atoms with Crippen LogP contribution in [0.15, 0.2) is 24.3 Å². The summed E-state index contributed by atoms with van der Waals surface area (Å²) < 4.78 is 11.2. The van der Waals surface area contributed by atoms with Gasteiger partial charge in [0.1, 0.15) is 11.5 Å². The number of hydrogen-bond donors (Lipinski definition) is 1. The maximum Gasteiger partial charge on any atom is 0.119 e. The highest BCUT2D eigenvalue weighted by molar-refractivity contribution is 5.31. The van der Waals surface area contributed by atoms with E-state index in [2.05, 4.69) is 33.0 Å². The smallest absolute Gasteiger partial charge is 0.119 e. The zero-order chi connectivity index (χ0) is 14.3. The Morgan fingerprint density at radius 1 is 1.05 bits per heavy atom. The number of hydrogen-bond acceptors (Lipinski definition) is 3.